The topological polar surface area (TPSA) is 43.8 Å². The highest BCUT2D eigenvalue weighted by atomic mass is 19.1. The molecule has 0 aliphatic carbocycles. The zero-order chi connectivity index (χ0) is 19.2. The van der Waals surface area contributed by atoms with Crippen LogP contribution in [0.25, 0.3) is 0 Å². The molecule has 0 radical (unpaired) electrons. The number of carboxylic acid groups (broad SMARTS) is 1. The van der Waals surface area contributed by atoms with Crippen LogP contribution in [0.15, 0.2) is 48.5 Å². The Morgan fingerprint density at radius 3 is 1.81 bits per heavy atom. The van der Waals surface area contributed by atoms with Crippen LogP contribution in [0.2, 0.25) is 0 Å². The maximum absolute atomic E-state index is 13.4. The Hall–Kier alpha value is -2.31. The van der Waals surface area contributed by atoms with Gasteiger partial charge in [-0.3, -0.25) is 9.69 Å². The fourth-order valence-corrected chi connectivity index (χ4v) is 3.60. The van der Waals surface area contributed by atoms with E-state index >= 15 is 0 Å². The summed E-state index contributed by atoms with van der Waals surface area (Å²) in [6.45, 7) is 4.09. The van der Waals surface area contributed by atoms with Crippen LogP contribution in [-0.4, -0.2) is 53.6 Å². The Kier molecular flexibility index (Phi) is 6.53. The van der Waals surface area contributed by atoms with Gasteiger partial charge in [0.25, 0.3) is 0 Å². The lowest BCUT2D eigenvalue weighted by molar-refractivity contribution is -0.137. The molecule has 144 valence electrons. The number of hydrogen-bond acceptors (Lipinski definition) is 3. The van der Waals surface area contributed by atoms with Gasteiger partial charge in [-0.2, -0.15) is 0 Å². The second kappa shape index (κ2) is 9.06. The highest BCUT2D eigenvalue weighted by Crippen LogP contribution is 2.30. The SMILES string of the molecule is O=C(O)CCCN1CCN(C(c2ccc(F)cc2)c2ccc(F)cc2)CC1. The van der Waals surface area contributed by atoms with E-state index in [-0.39, 0.29) is 24.1 Å². The van der Waals surface area contributed by atoms with Crippen molar-refractivity contribution in [3.63, 3.8) is 0 Å². The molecule has 27 heavy (non-hydrogen) atoms. The standard InChI is InChI=1S/C21H24F2N2O2/c22-18-7-3-16(4-8-18)21(17-5-9-19(23)10-6-17)25-14-12-24(13-15-25)11-1-2-20(26)27/h3-10,21H,1-2,11-15H2,(H,26,27). The van der Waals surface area contributed by atoms with Crippen LogP contribution in [0.1, 0.15) is 30.0 Å². The van der Waals surface area contributed by atoms with Crippen LogP contribution in [0, 0.1) is 11.6 Å². The number of carboxylic acids is 1. The maximum atomic E-state index is 13.4. The average molecular weight is 374 g/mol. The van der Waals surface area contributed by atoms with Gasteiger partial charge in [-0.25, -0.2) is 8.78 Å². The van der Waals surface area contributed by atoms with Crippen molar-refractivity contribution in [3.8, 4) is 0 Å². The summed E-state index contributed by atoms with van der Waals surface area (Å²) < 4.78 is 26.7. The van der Waals surface area contributed by atoms with Crippen LogP contribution in [0.4, 0.5) is 8.78 Å². The predicted octanol–water partition coefficient (Wildman–Crippen LogP) is 3.54. The van der Waals surface area contributed by atoms with Crippen molar-refractivity contribution in [2.75, 3.05) is 32.7 Å². The van der Waals surface area contributed by atoms with E-state index in [1.54, 1.807) is 24.3 Å². The largest absolute Gasteiger partial charge is 0.481 e. The smallest absolute Gasteiger partial charge is 0.303 e. The molecule has 0 atom stereocenters. The summed E-state index contributed by atoms with van der Waals surface area (Å²) in [6.07, 6.45) is 0.836. The summed E-state index contributed by atoms with van der Waals surface area (Å²) in [5, 5.41) is 8.77. The molecule has 1 N–H and O–H groups in total. The molecule has 6 heteroatoms. The van der Waals surface area contributed by atoms with E-state index in [0.29, 0.717) is 6.42 Å². The van der Waals surface area contributed by atoms with Gasteiger partial charge in [0.05, 0.1) is 6.04 Å². The number of hydrogen-bond donors (Lipinski definition) is 1. The molecule has 1 aliphatic rings. The lowest BCUT2D eigenvalue weighted by atomic mass is 9.96. The molecule has 0 saturated carbocycles. The first kappa shape index (κ1) is 19.5. The summed E-state index contributed by atoms with van der Waals surface area (Å²) in [7, 11) is 0. The molecule has 1 aliphatic heterocycles. The molecule has 2 aromatic carbocycles. The molecule has 0 bridgehead atoms. The molecular weight excluding hydrogens is 350 g/mol. The summed E-state index contributed by atoms with van der Waals surface area (Å²) in [4.78, 5) is 15.2. The Morgan fingerprint density at radius 1 is 0.889 bits per heavy atom. The van der Waals surface area contributed by atoms with Crippen LogP contribution in [0.5, 0.6) is 0 Å². The number of halogens is 2. The minimum Gasteiger partial charge on any atom is -0.481 e. The summed E-state index contributed by atoms with van der Waals surface area (Å²) in [5.74, 6) is -1.32. The molecular formula is C21H24F2N2O2. The highest BCUT2D eigenvalue weighted by Gasteiger charge is 2.26. The van der Waals surface area contributed by atoms with E-state index in [4.69, 9.17) is 5.11 Å². The van der Waals surface area contributed by atoms with Crippen LogP contribution in [-0.2, 0) is 4.79 Å². The van der Waals surface area contributed by atoms with E-state index in [1.165, 1.54) is 24.3 Å². The minimum absolute atomic E-state index is 0.0626. The van der Waals surface area contributed by atoms with Crippen LogP contribution in [0.3, 0.4) is 0 Å². The highest BCUT2D eigenvalue weighted by molar-refractivity contribution is 5.66. The zero-order valence-corrected chi connectivity index (χ0v) is 15.2. The average Bonchev–Trinajstić information content (AvgIpc) is 2.66. The van der Waals surface area contributed by atoms with Gasteiger partial charge in [-0.1, -0.05) is 24.3 Å². The third kappa shape index (κ3) is 5.34. The number of nitrogens with zero attached hydrogens (tertiary/aromatic N) is 2. The number of rotatable bonds is 7. The number of piperazine rings is 1. The Balaban J connectivity index is 1.71. The van der Waals surface area contributed by atoms with E-state index in [9.17, 15) is 13.6 Å². The lowest BCUT2D eigenvalue weighted by Gasteiger charge is -2.39. The zero-order valence-electron chi connectivity index (χ0n) is 15.2. The summed E-state index contributed by atoms with van der Waals surface area (Å²) >= 11 is 0. The molecule has 1 heterocycles. The number of aliphatic carboxylic acids is 1. The first-order chi connectivity index (χ1) is 13.0. The van der Waals surface area contributed by atoms with Gasteiger partial charge >= 0.3 is 5.97 Å². The van der Waals surface area contributed by atoms with Gasteiger partial charge in [0.2, 0.25) is 0 Å². The summed E-state index contributed by atoms with van der Waals surface area (Å²) in [5.41, 5.74) is 1.95. The second-order valence-electron chi connectivity index (χ2n) is 6.88. The number of carbonyl (C=O) groups is 1. The van der Waals surface area contributed by atoms with E-state index in [0.717, 1.165) is 43.9 Å². The monoisotopic (exact) mass is 374 g/mol. The van der Waals surface area contributed by atoms with Gasteiger partial charge in [-0.15, -0.1) is 0 Å². The Bertz CT molecular complexity index is 696. The molecule has 0 amide bonds. The fourth-order valence-electron chi connectivity index (χ4n) is 3.60. The third-order valence-electron chi connectivity index (χ3n) is 5.01. The maximum Gasteiger partial charge on any atom is 0.303 e. The molecule has 2 aromatic rings. The minimum atomic E-state index is -0.763. The molecule has 1 fully saturated rings. The van der Waals surface area contributed by atoms with E-state index in [2.05, 4.69) is 9.80 Å². The Morgan fingerprint density at radius 2 is 1.37 bits per heavy atom. The first-order valence-corrected chi connectivity index (χ1v) is 9.22. The fraction of sp³-hybridized carbons (Fsp3) is 0.381. The quantitative estimate of drug-likeness (QED) is 0.805. The van der Waals surface area contributed by atoms with E-state index < -0.39 is 5.97 Å². The molecule has 0 unspecified atom stereocenters. The van der Waals surface area contributed by atoms with Gasteiger partial charge in [0.15, 0.2) is 0 Å². The molecule has 1 saturated heterocycles. The molecule has 4 nitrogen and oxygen atoms in total. The van der Waals surface area contributed by atoms with Crippen molar-refractivity contribution in [2.45, 2.75) is 18.9 Å². The van der Waals surface area contributed by atoms with Gasteiger partial charge in [-0.05, 0) is 48.4 Å². The lowest BCUT2D eigenvalue weighted by Crippen LogP contribution is -2.48. The van der Waals surface area contributed by atoms with Crippen molar-refractivity contribution < 1.29 is 18.7 Å². The molecule has 3 rings (SSSR count). The molecule has 0 aromatic heterocycles. The van der Waals surface area contributed by atoms with Crippen LogP contribution < -0.4 is 0 Å². The van der Waals surface area contributed by atoms with Crippen molar-refractivity contribution in [2.24, 2.45) is 0 Å². The van der Waals surface area contributed by atoms with E-state index in [1.807, 2.05) is 0 Å². The van der Waals surface area contributed by atoms with Crippen molar-refractivity contribution in [1.29, 1.82) is 0 Å². The van der Waals surface area contributed by atoms with Gasteiger partial charge in [0.1, 0.15) is 11.6 Å². The van der Waals surface area contributed by atoms with Crippen molar-refractivity contribution >= 4 is 5.97 Å². The first-order valence-electron chi connectivity index (χ1n) is 9.22. The second-order valence-corrected chi connectivity index (χ2v) is 6.88. The third-order valence-corrected chi connectivity index (χ3v) is 5.01. The normalized spacial score (nSPS) is 16.0. The van der Waals surface area contributed by atoms with Gasteiger partial charge in [0, 0.05) is 32.6 Å². The van der Waals surface area contributed by atoms with Crippen LogP contribution >= 0.6 is 0 Å². The van der Waals surface area contributed by atoms with Gasteiger partial charge < -0.3 is 10.0 Å². The van der Waals surface area contributed by atoms with Crippen molar-refractivity contribution in [3.05, 3.63) is 71.3 Å². The Labute approximate surface area is 158 Å². The summed E-state index contributed by atoms with van der Waals surface area (Å²) in [6, 6.07) is 12.9. The predicted molar refractivity (Wildman–Crippen MR) is 99.5 cm³/mol. The number of benzene rings is 2. The van der Waals surface area contributed by atoms with Crippen molar-refractivity contribution in [1.82, 2.24) is 9.80 Å². The molecule has 0 spiro atoms.